The molecule has 0 aromatic carbocycles. The van der Waals surface area contributed by atoms with Crippen LogP contribution in [0.4, 0.5) is 0 Å². The Morgan fingerprint density at radius 2 is 2.04 bits per heavy atom. The predicted octanol–water partition coefficient (Wildman–Crippen LogP) is 6.03. The lowest BCUT2D eigenvalue weighted by atomic mass is 9.92. The van der Waals surface area contributed by atoms with Gasteiger partial charge in [-0.05, 0) is 52.0 Å². The number of pyridine rings is 1. The van der Waals surface area contributed by atoms with Crippen LogP contribution in [-0.4, -0.2) is 15.3 Å². The van der Waals surface area contributed by atoms with E-state index in [1.807, 2.05) is 60.9 Å². The summed E-state index contributed by atoms with van der Waals surface area (Å²) < 4.78 is 0.189. The minimum atomic E-state index is 0.189. The van der Waals surface area contributed by atoms with Crippen molar-refractivity contribution in [1.82, 2.24) is 4.98 Å². The third-order valence-electron chi connectivity index (χ3n) is 3.42. The van der Waals surface area contributed by atoms with Gasteiger partial charge in [-0.1, -0.05) is 43.0 Å². The number of hydrogen-bond donors (Lipinski definition) is 2. The molecule has 2 N–H and O–H groups in total. The van der Waals surface area contributed by atoms with E-state index < -0.39 is 0 Å². The van der Waals surface area contributed by atoms with Gasteiger partial charge in [0.25, 0.3) is 0 Å². The number of nitrogens with one attached hydrogen (secondary N) is 2. The number of halogens is 1. The van der Waals surface area contributed by atoms with Crippen molar-refractivity contribution >= 4 is 43.2 Å². The van der Waals surface area contributed by atoms with Crippen LogP contribution < -0.4 is 0 Å². The van der Waals surface area contributed by atoms with Crippen molar-refractivity contribution < 1.29 is 0 Å². The summed E-state index contributed by atoms with van der Waals surface area (Å²) in [7, 11) is 0. The Morgan fingerprint density at radius 3 is 2.56 bits per heavy atom. The number of hydrogen-bond acceptors (Lipinski definition) is 4. The van der Waals surface area contributed by atoms with Crippen LogP contribution in [0, 0.1) is 10.8 Å². The van der Waals surface area contributed by atoms with E-state index in [0.29, 0.717) is 22.6 Å². The first-order valence-corrected chi connectivity index (χ1v) is 9.26. The first-order chi connectivity index (χ1) is 12.1. The van der Waals surface area contributed by atoms with Gasteiger partial charge in [0.05, 0.1) is 16.3 Å². The maximum absolute atomic E-state index is 8.75. The highest BCUT2D eigenvalue weighted by Crippen LogP contribution is 2.30. The summed E-state index contributed by atoms with van der Waals surface area (Å²) in [6.45, 7) is 5.63. The highest BCUT2D eigenvalue weighted by Gasteiger charge is 2.21. The van der Waals surface area contributed by atoms with Crippen molar-refractivity contribution in [1.29, 1.82) is 10.8 Å². The molecular formula is C20H18BrN3S. The van der Waals surface area contributed by atoms with E-state index in [1.54, 1.807) is 12.3 Å². The van der Waals surface area contributed by atoms with E-state index in [4.69, 9.17) is 10.8 Å². The van der Waals surface area contributed by atoms with Crippen LogP contribution >= 0.6 is 27.3 Å². The molecule has 126 valence electrons. The second-order valence-electron chi connectivity index (χ2n) is 4.97. The fourth-order valence-corrected chi connectivity index (χ4v) is 3.40. The summed E-state index contributed by atoms with van der Waals surface area (Å²) in [5.74, 6) is 0. The summed E-state index contributed by atoms with van der Waals surface area (Å²) in [6.07, 6.45) is 9.02. The second kappa shape index (κ2) is 9.20. The molecule has 2 rings (SSSR count). The molecule has 0 spiro atoms. The van der Waals surface area contributed by atoms with Crippen LogP contribution in [0.15, 0.2) is 83.9 Å². The monoisotopic (exact) mass is 411 g/mol. The minimum absolute atomic E-state index is 0.189. The van der Waals surface area contributed by atoms with Gasteiger partial charge in [-0.2, -0.15) is 0 Å². The van der Waals surface area contributed by atoms with Crippen molar-refractivity contribution in [2.45, 2.75) is 6.92 Å². The average molecular weight is 412 g/mol. The van der Waals surface area contributed by atoms with Crippen molar-refractivity contribution in [3.8, 4) is 0 Å². The minimum Gasteiger partial charge on any atom is -0.299 e. The van der Waals surface area contributed by atoms with Crippen LogP contribution in [0.2, 0.25) is 0 Å². The lowest BCUT2D eigenvalue weighted by Gasteiger charge is -2.16. The van der Waals surface area contributed by atoms with Gasteiger partial charge in [-0.15, -0.1) is 11.3 Å². The summed E-state index contributed by atoms with van der Waals surface area (Å²) in [6, 6.07) is 9.38. The molecule has 0 unspecified atom stereocenters. The molecule has 0 saturated carbocycles. The molecule has 5 heteroatoms. The molecule has 2 heterocycles. The lowest BCUT2D eigenvalue weighted by molar-refractivity contribution is 1.28. The number of allylic oxidation sites excluding steroid dienone is 7. The second-order valence-corrected chi connectivity index (χ2v) is 6.71. The zero-order valence-electron chi connectivity index (χ0n) is 13.8. The Bertz CT molecular complexity index is 860. The smallest absolute Gasteiger partial charge is 0.107 e. The largest absolute Gasteiger partial charge is 0.299 e. The Balaban J connectivity index is 2.79. The topological polar surface area (TPSA) is 60.6 Å². The Morgan fingerprint density at radius 1 is 1.24 bits per heavy atom. The fraction of sp³-hybridized carbons (Fsp3) is 0.0500. The molecule has 0 saturated heterocycles. The van der Waals surface area contributed by atoms with Crippen LogP contribution in [0.1, 0.15) is 17.5 Å². The molecule has 0 aliphatic heterocycles. The maximum atomic E-state index is 8.75. The molecular weight excluding hydrogens is 394 g/mol. The average Bonchev–Trinajstić information content (AvgIpc) is 3.16. The van der Waals surface area contributed by atoms with Crippen LogP contribution in [0.5, 0.6) is 0 Å². The normalized spacial score (nSPS) is 12.8. The standard InChI is InChI=1S/C20H18BrN3S/c1-3-5-9-14(4-2)17(19(22)16-11-8-13-25-16)18(20(21)23)15-10-6-7-12-24-15/h3-13,22-23H,1H2,2H3/b9-5-,14-4+,18-17-,22-19?,23-20?. The highest BCUT2D eigenvalue weighted by atomic mass is 79.9. The van der Waals surface area contributed by atoms with Gasteiger partial charge in [0.15, 0.2) is 0 Å². The molecule has 0 aliphatic rings. The van der Waals surface area contributed by atoms with E-state index in [9.17, 15) is 0 Å². The Labute approximate surface area is 160 Å². The van der Waals surface area contributed by atoms with Gasteiger partial charge < -0.3 is 0 Å². The third-order valence-corrected chi connectivity index (χ3v) is 4.70. The number of thiophene rings is 1. The van der Waals surface area contributed by atoms with E-state index in [1.165, 1.54) is 11.3 Å². The molecule has 0 radical (unpaired) electrons. The van der Waals surface area contributed by atoms with Gasteiger partial charge in [0.1, 0.15) is 4.62 Å². The number of nitrogens with zero attached hydrogens (tertiary/aromatic N) is 1. The molecule has 0 fully saturated rings. The predicted molar refractivity (Wildman–Crippen MR) is 112 cm³/mol. The van der Waals surface area contributed by atoms with Gasteiger partial charge in [0, 0.05) is 17.3 Å². The molecule has 25 heavy (non-hydrogen) atoms. The Hall–Kier alpha value is -2.37. The first kappa shape index (κ1) is 19.0. The van der Waals surface area contributed by atoms with Gasteiger partial charge in [-0.25, -0.2) is 0 Å². The summed E-state index contributed by atoms with van der Waals surface area (Å²) >= 11 is 4.80. The van der Waals surface area contributed by atoms with Crippen molar-refractivity contribution in [3.63, 3.8) is 0 Å². The van der Waals surface area contributed by atoms with Crippen LogP contribution in [-0.2, 0) is 0 Å². The van der Waals surface area contributed by atoms with E-state index in [2.05, 4.69) is 27.5 Å². The van der Waals surface area contributed by atoms with Gasteiger partial charge >= 0.3 is 0 Å². The van der Waals surface area contributed by atoms with E-state index in [0.717, 1.165) is 10.5 Å². The van der Waals surface area contributed by atoms with Gasteiger partial charge in [0.2, 0.25) is 0 Å². The molecule has 0 amide bonds. The van der Waals surface area contributed by atoms with Crippen LogP contribution in [0.25, 0.3) is 5.57 Å². The molecule has 2 aromatic heterocycles. The maximum Gasteiger partial charge on any atom is 0.107 e. The molecule has 0 bridgehead atoms. The third kappa shape index (κ3) is 4.59. The fourth-order valence-electron chi connectivity index (χ4n) is 2.31. The highest BCUT2D eigenvalue weighted by molar-refractivity contribution is 9.18. The zero-order chi connectivity index (χ0) is 18.2. The quantitative estimate of drug-likeness (QED) is 0.424. The number of rotatable bonds is 7. The summed E-state index contributed by atoms with van der Waals surface area (Å²) in [4.78, 5) is 5.23. The van der Waals surface area contributed by atoms with Crippen LogP contribution in [0.3, 0.4) is 0 Å². The van der Waals surface area contributed by atoms with Gasteiger partial charge in [-0.3, -0.25) is 15.8 Å². The summed E-state index contributed by atoms with van der Waals surface area (Å²) in [5.41, 5.74) is 3.08. The first-order valence-electron chi connectivity index (χ1n) is 7.58. The van der Waals surface area contributed by atoms with Crippen molar-refractivity contribution in [2.24, 2.45) is 0 Å². The molecule has 2 aromatic rings. The Kier molecular flexibility index (Phi) is 6.98. The summed E-state index contributed by atoms with van der Waals surface area (Å²) in [5, 5.41) is 18.9. The molecule has 3 nitrogen and oxygen atoms in total. The number of aromatic nitrogens is 1. The SMILES string of the molecule is C=C\C=C/C(=C\C)C(/C(=N)c1cccs1)=C(/C(=N)Br)c1ccccn1. The van der Waals surface area contributed by atoms with Crippen molar-refractivity contribution in [3.05, 3.63) is 94.5 Å². The molecule has 0 atom stereocenters. The molecule has 0 aliphatic carbocycles. The van der Waals surface area contributed by atoms with E-state index in [-0.39, 0.29) is 4.62 Å². The van der Waals surface area contributed by atoms with Crippen molar-refractivity contribution in [2.75, 3.05) is 0 Å². The van der Waals surface area contributed by atoms with E-state index >= 15 is 0 Å². The zero-order valence-corrected chi connectivity index (χ0v) is 16.2. The lowest BCUT2D eigenvalue weighted by Crippen LogP contribution is -2.10.